The molecule has 0 saturated carbocycles. The summed E-state index contributed by atoms with van der Waals surface area (Å²) in [5.41, 5.74) is -1.17. The van der Waals surface area contributed by atoms with Crippen LogP contribution in [0.1, 0.15) is 11.5 Å². The number of esters is 1. The monoisotopic (exact) mass is 267 g/mol. The van der Waals surface area contributed by atoms with Crippen LogP contribution in [-0.2, 0) is 25.5 Å². The summed E-state index contributed by atoms with van der Waals surface area (Å²) < 4.78 is 15.0. The zero-order valence-corrected chi connectivity index (χ0v) is 11.0. The first-order chi connectivity index (χ1) is 9.08. The van der Waals surface area contributed by atoms with Gasteiger partial charge in [-0.3, -0.25) is 9.59 Å². The fourth-order valence-corrected chi connectivity index (χ4v) is 1.93. The van der Waals surface area contributed by atoms with Crippen LogP contribution in [0.3, 0.4) is 0 Å². The highest BCUT2D eigenvalue weighted by atomic mass is 16.5. The number of amides is 1. The number of methoxy groups -OCH3 is 1. The fourth-order valence-electron chi connectivity index (χ4n) is 1.93. The quantitative estimate of drug-likeness (QED) is 0.618. The van der Waals surface area contributed by atoms with E-state index in [1.165, 1.54) is 7.11 Å². The number of carbonyl (C=O) groups excluding carboxylic acids is 2. The summed E-state index contributed by atoms with van der Waals surface area (Å²) in [5.74, 6) is 0.730. The number of hydrogen-bond donors (Lipinski definition) is 1. The Morgan fingerprint density at radius 1 is 1.42 bits per heavy atom. The van der Waals surface area contributed by atoms with E-state index in [9.17, 15) is 9.59 Å². The lowest BCUT2D eigenvalue weighted by molar-refractivity contribution is -0.188. The van der Waals surface area contributed by atoms with Gasteiger partial charge in [-0.05, 0) is 19.1 Å². The molecule has 0 aliphatic carbocycles. The molecule has 2 heterocycles. The van der Waals surface area contributed by atoms with Crippen molar-refractivity contribution in [2.45, 2.75) is 13.3 Å². The van der Waals surface area contributed by atoms with Crippen LogP contribution in [0, 0.1) is 12.3 Å². The Labute approximate surface area is 111 Å². The van der Waals surface area contributed by atoms with Gasteiger partial charge in [-0.1, -0.05) is 0 Å². The van der Waals surface area contributed by atoms with Crippen LogP contribution in [0.15, 0.2) is 16.5 Å². The molecule has 1 amide bonds. The van der Waals surface area contributed by atoms with Gasteiger partial charge in [0.05, 0.1) is 20.3 Å². The predicted octanol–water partition coefficient (Wildman–Crippen LogP) is 0.436. The molecule has 1 aromatic heterocycles. The Morgan fingerprint density at radius 2 is 2.16 bits per heavy atom. The van der Waals surface area contributed by atoms with E-state index in [1.807, 2.05) is 19.1 Å². The summed E-state index contributed by atoms with van der Waals surface area (Å²) in [5, 5.41) is 2.72. The molecular formula is C13H17NO5. The van der Waals surface area contributed by atoms with E-state index in [-0.39, 0.29) is 19.1 Å². The zero-order chi connectivity index (χ0) is 13.9. The molecule has 1 aliphatic heterocycles. The van der Waals surface area contributed by atoms with Gasteiger partial charge in [-0.2, -0.15) is 0 Å². The minimum absolute atomic E-state index is 0.0748. The molecule has 104 valence electrons. The molecule has 1 saturated heterocycles. The average Bonchev–Trinajstić information content (AvgIpc) is 2.73. The lowest BCUT2D eigenvalue weighted by atomic mass is 9.85. The first-order valence-electron chi connectivity index (χ1n) is 6.08. The Bertz CT molecular complexity index is 475. The summed E-state index contributed by atoms with van der Waals surface area (Å²) in [4.78, 5) is 23.6. The average molecular weight is 267 g/mol. The van der Waals surface area contributed by atoms with E-state index >= 15 is 0 Å². The van der Waals surface area contributed by atoms with Crippen molar-refractivity contribution in [2.75, 3.05) is 26.9 Å². The van der Waals surface area contributed by atoms with Crippen LogP contribution in [0.5, 0.6) is 0 Å². The molecule has 19 heavy (non-hydrogen) atoms. The van der Waals surface area contributed by atoms with Crippen LogP contribution in [0.2, 0.25) is 0 Å². The van der Waals surface area contributed by atoms with E-state index in [4.69, 9.17) is 9.15 Å². The second kappa shape index (κ2) is 5.44. The molecule has 0 bridgehead atoms. The van der Waals surface area contributed by atoms with Crippen molar-refractivity contribution >= 4 is 11.9 Å². The maximum absolute atomic E-state index is 12.0. The molecule has 1 aliphatic rings. The van der Waals surface area contributed by atoms with Crippen molar-refractivity contribution in [2.24, 2.45) is 5.41 Å². The second-order valence-electron chi connectivity index (χ2n) is 4.58. The van der Waals surface area contributed by atoms with E-state index in [1.54, 1.807) is 0 Å². The molecule has 0 unspecified atom stereocenters. The summed E-state index contributed by atoms with van der Waals surface area (Å²) in [6, 6.07) is 3.73. The molecule has 0 atom stereocenters. The van der Waals surface area contributed by atoms with E-state index < -0.39 is 11.4 Å². The van der Waals surface area contributed by atoms with E-state index in [0.717, 1.165) is 11.5 Å². The van der Waals surface area contributed by atoms with Gasteiger partial charge in [0, 0.05) is 13.0 Å². The maximum atomic E-state index is 12.0. The Morgan fingerprint density at radius 3 is 2.63 bits per heavy atom. The molecular weight excluding hydrogens is 250 g/mol. The summed E-state index contributed by atoms with van der Waals surface area (Å²) in [6.45, 7) is 2.42. The molecule has 0 aromatic carbocycles. The van der Waals surface area contributed by atoms with E-state index in [2.05, 4.69) is 10.1 Å². The number of carbonyl (C=O) groups is 2. The third kappa shape index (κ3) is 2.63. The van der Waals surface area contributed by atoms with Crippen molar-refractivity contribution in [1.29, 1.82) is 0 Å². The first-order valence-corrected chi connectivity index (χ1v) is 6.08. The van der Waals surface area contributed by atoms with E-state index in [0.29, 0.717) is 13.0 Å². The second-order valence-corrected chi connectivity index (χ2v) is 4.58. The van der Waals surface area contributed by atoms with Gasteiger partial charge < -0.3 is 19.2 Å². The smallest absolute Gasteiger partial charge is 0.326 e. The van der Waals surface area contributed by atoms with Crippen LogP contribution in [0.4, 0.5) is 0 Å². The Hall–Kier alpha value is -1.82. The number of hydrogen-bond acceptors (Lipinski definition) is 5. The van der Waals surface area contributed by atoms with Crippen molar-refractivity contribution < 1.29 is 23.5 Å². The summed E-state index contributed by atoms with van der Waals surface area (Å²) >= 11 is 0. The van der Waals surface area contributed by atoms with Crippen LogP contribution < -0.4 is 5.32 Å². The van der Waals surface area contributed by atoms with Crippen molar-refractivity contribution in [3.8, 4) is 0 Å². The number of furan rings is 1. The number of nitrogens with one attached hydrogen (secondary N) is 1. The molecule has 1 N–H and O–H groups in total. The van der Waals surface area contributed by atoms with Crippen molar-refractivity contribution in [3.05, 3.63) is 23.7 Å². The molecule has 0 spiro atoms. The van der Waals surface area contributed by atoms with Crippen LogP contribution in [-0.4, -0.2) is 38.7 Å². The zero-order valence-electron chi connectivity index (χ0n) is 11.0. The maximum Gasteiger partial charge on any atom is 0.326 e. The normalized spacial score (nSPS) is 16.5. The molecule has 0 radical (unpaired) electrons. The molecule has 1 aromatic rings. The minimum Gasteiger partial charge on any atom is -0.468 e. The van der Waals surface area contributed by atoms with Gasteiger partial charge >= 0.3 is 5.97 Å². The highest BCUT2D eigenvalue weighted by Gasteiger charge is 2.53. The van der Waals surface area contributed by atoms with Crippen LogP contribution >= 0.6 is 0 Å². The van der Waals surface area contributed by atoms with Gasteiger partial charge in [0.1, 0.15) is 11.5 Å². The molecule has 6 heteroatoms. The number of aryl methyl sites for hydroxylation is 1. The fraction of sp³-hybridized carbons (Fsp3) is 0.538. The van der Waals surface area contributed by atoms with Gasteiger partial charge in [0.2, 0.25) is 5.91 Å². The Balaban J connectivity index is 1.85. The summed E-state index contributed by atoms with van der Waals surface area (Å²) in [6.07, 6.45) is 0.581. The molecule has 2 rings (SSSR count). The highest BCUT2D eigenvalue weighted by molar-refractivity contribution is 6.03. The van der Waals surface area contributed by atoms with Crippen molar-refractivity contribution in [3.63, 3.8) is 0 Å². The Kier molecular flexibility index (Phi) is 3.90. The standard InChI is InChI=1S/C13H17NO5/c1-9-3-4-10(19-9)5-6-14-11(15)13(7-18-8-13)12(16)17-2/h3-4H,5-8H2,1-2H3,(H,14,15). The van der Waals surface area contributed by atoms with Crippen molar-refractivity contribution in [1.82, 2.24) is 5.32 Å². The number of rotatable bonds is 5. The topological polar surface area (TPSA) is 77.8 Å². The molecule has 6 nitrogen and oxygen atoms in total. The largest absolute Gasteiger partial charge is 0.468 e. The third-order valence-corrected chi connectivity index (χ3v) is 3.16. The third-order valence-electron chi connectivity index (χ3n) is 3.16. The molecule has 1 fully saturated rings. The summed E-state index contributed by atoms with van der Waals surface area (Å²) in [7, 11) is 1.27. The SMILES string of the molecule is COC(=O)C1(C(=O)NCCc2ccc(C)o2)COC1. The first kappa shape index (κ1) is 13.6. The highest BCUT2D eigenvalue weighted by Crippen LogP contribution is 2.29. The lowest BCUT2D eigenvalue weighted by Gasteiger charge is -2.36. The van der Waals surface area contributed by atoms with Gasteiger partial charge in [0.25, 0.3) is 0 Å². The predicted molar refractivity (Wildman–Crippen MR) is 65.4 cm³/mol. The van der Waals surface area contributed by atoms with Gasteiger partial charge in [-0.15, -0.1) is 0 Å². The van der Waals surface area contributed by atoms with Gasteiger partial charge in [-0.25, -0.2) is 0 Å². The van der Waals surface area contributed by atoms with Gasteiger partial charge in [0.15, 0.2) is 5.41 Å². The van der Waals surface area contributed by atoms with Crippen LogP contribution in [0.25, 0.3) is 0 Å². The minimum atomic E-state index is -1.17. The number of ether oxygens (including phenoxy) is 2. The lowest BCUT2D eigenvalue weighted by Crippen LogP contribution is -2.59.